The van der Waals surface area contributed by atoms with E-state index in [1.54, 1.807) is 0 Å². The van der Waals surface area contributed by atoms with Gasteiger partial charge in [-0.25, -0.2) is 4.79 Å². The second-order valence-corrected chi connectivity index (χ2v) is 4.14. The lowest BCUT2D eigenvalue weighted by Crippen LogP contribution is -2.37. The van der Waals surface area contributed by atoms with Crippen molar-refractivity contribution in [3.05, 3.63) is 0 Å². The average Bonchev–Trinajstić information content (AvgIpc) is 2.35. The number of hydrogen-bond acceptors (Lipinski definition) is 3. The fourth-order valence-electron chi connectivity index (χ4n) is 1.74. The summed E-state index contributed by atoms with van der Waals surface area (Å²) in [7, 11) is 1.45. The molecule has 3 amide bonds. The van der Waals surface area contributed by atoms with E-state index in [0.29, 0.717) is 18.6 Å². The average molecular weight is 212 g/mol. The Morgan fingerprint density at radius 1 is 1.40 bits per heavy atom. The zero-order chi connectivity index (χ0) is 11.6. The number of nitrogens with zero attached hydrogens (tertiary/aromatic N) is 2. The SMILES string of the molecule is CC(C)CC1C(=O)N(C)C(=O)N1CC=O. The van der Waals surface area contributed by atoms with Crippen molar-refractivity contribution in [3.63, 3.8) is 0 Å². The topological polar surface area (TPSA) is 57.7 Å². The molecule has 0 spiro atoms. The van der Waals surface area contributed by atoms with Crippen LogP contribution >= 0.6 is 0 Å². The number of aldehydes is 1. The molecule has 15 heavy (non-hydrogen) atoms. The van der Waals surface area contributed by atoms with Crippen LogP contribution in [0.1, 0.15) is 20.3 Å². The van der Waals surface area contributed by atoms with Gasteiger partial charge in [-0.1, -0.05) is 13.8 Å². The molecule has 1 aliphatic heterocycles. The molecule has 1 rings (SSSR count). The molecule has 0 aromatic rings. The zero-order valence-corrected chi connectivity index (χ0v) is 9.27. The maximum absolute atomic E-state index is 11.7. The molecule has 1 saturated heterocycles. The third-order valence-electron chi connectivity index (χ3n) is 2.49. The van der Waals surface area contributed by atoms with E-state index >= 15 is 0 Å². The molecule has 84 valence electrons. The van der Waals surface area contributed by atoms with Gasteiger partial charge < -0.3 is 9.69 Å². The van der Waals surface area contributed by atoms with E-state index in [0.717, 1.165) is 4.90 Å². The molecule has 5 nitrogen and oxygen atoms in total. The molecule has 0 saturated carbocycles. The molecule has 1 heterocycles. The van der Waals surface area contributed by atoms with Gasteiger partial charge in [-0.15, -0.1) is 0 Å². The highest BCUT2D eigenvalue weighted by Crippen LogP contribution is 2.21. The van der Waals surface area contributed by atoms with Crippen molar-refractivity contribution in [1.82, 2.24) is 9.80 Å². The molecule has 1 aliphatic rings. The van der Waals surface area contributed by atoms with Crippen molar-refractivity contribution in [3.8, 4) is 0 Å². The minimum atomic E-state index is -0.465. The summed E-state index contributed by atoms with van der Waals surface area (Å²) in [6.45, 7) is 3.95. The van der Waals surface area contributed by atoms with Crippen molar-refractivity contribution in [2.75, 3.05) is 13.6 Å². The summed E-state index contributed by atoms with van der Waals surface area (Å²) in [5.74, 6) is 0.1000. The van der Waals surface area contributed by atoms with Crippen molar-refractivity contribution >= 4 is 18.2 Å². The Balaban J connectivity index is 2.84. The van der Waals surface area contributed by atoms with Gasteiger partial charge in [0.25, 0.3) is 5.91 Å². The molecule has 1 fully saturated rings. The molecule has 0 aromatic carbocycles. The molecule has 0 aliphatic carbocycles. The minimum absolute atomic E-state index is 0.00764. The van der Waals surface area contributed by atoms with Gasteiger partial charge in [0.1, 0.15) is 12.3 Å². The smallest absolute Gasteiger partial charge is 0.305 e. The number of carbonyl (C=O) groups is 3. The second-order valence-electron chi connectivity index (χ2n) is 4.14. The molecule has 5 heteroatoms. The molecule has 0 N–H and O–H groups in total. The van der Waals surface area contributed by atoms with Gasteiger partial charge in [0.2, 0.25) is 0 Å². The Morgan fingerprint density at radius 2 is 2.00 bits per heavy atom. The highest BCUT2D eigenvalue weighted by molar-refractivity contribution is 6.04. The molecule has 1 atom stereocenters. The summed E-state index contributed by atoms with van der Waals surface area (Å²) >= 11 is 0. The van der Waals surface area contributed by atoms with Crippen LogP contribution in [0, 0.1) is 5.92 Å². The number of likely N-dealkylation sites (N-methyl/N-ethyl adjacent to an activating group) is 1. The Morgan fingerprint density at radius 3 is 2.47 bits per heavy atom. The predicted octanol–water partition coefficient (Wildman–Crippen LogP) is 0.494. The number of hydrogen-bond donors (Lipinski definition) is 0. The lowest BCUT2D eigenvalue weighted by Gasteiger charge is -2.20. The monoisotopic (exact) mass is 212 g/mol. The minimum Gasteiger partial charge on any atom is -0.305 e. The maximum atomic E-state index is 11.7. The third-order valence-corrected chi connectivity index (χ3v) is 2.49. The Bertz CT molecular complexity index is 288. The van der Waals surface area contributed by atoms with Crippen LogP contribution in [0.4, 0.5) is 4.79 Å². The maximum Gasteiger partial charge on any atom is 0.327 e. The van der Waals surface area contributed by atoms with E-state index in [4.69, 9.17) is 0 Å². The summed E-state index contributed by atoms with van der Waals surface area (Å²) in [6, 6.07) is -0.842. The molecule has 1 unspecified atom stereocenters. The third kappa shape index (κ3) is 2.16. The normalized spacial score (nSPS) is 21.7. The van der Waals surface area contributed by atoms with E-state index in [9.17, 15) is 14.4 Å². The largest absolute Gasteiger partial charge is 0.327 e. The van der Waals surface area contributed by atoms with Crippen molar-refractivity contribution < 1.29 is 14.4 Å². The highest BCUT2D eigenvalue weighted by atomic mass is 16.2. The fraction of sp³-hybridized carbons (Fsp3) is 0.700. The van der Waals surface area contributed by atoms with Crippen molar-refractivity contribution in [2.24, 2.45) is 5.92 Å². The second kappa shape index (κ2) is 4.42. The van der Waals surface area contributed by atoms with Gasteiger partial charge in [-0.05, 0) is 12.3 Å². The Hall–Kier alpha value is -1.39. The summed E-state index contributed by atoms with van der Waals surface area (Å²) < 4.78 is 0. The zero-order valence-electron chi connectivity index (χ0n) is 9.27. The van der Waals surface area contributed by atoms with Crippen LogP contribution in [0.2, 0.25) is 0 Å². The van der Waals surface area contributed by atoms with Gasteiger partial charge >= 0.3 is 6.03 Å². The van der Waals surface area contributed by atoms with E-state index in [1.807, 2.05) is 13.8 Å². The number of carbonyl (C=O) groups excluding carboxylic acids is 3. The quantitative estimate of drug-likeness (QED) is 0.503. The summed E-state index contributed by atoms with van der Waals surface area (Å²) in [5, 5.41) is 0. The van der Waals surface area contributed by atoms with E-state index in [1.165, 1.54) is 11.9 Å². The van der Waals surface area contributed by atoms with Crippen LogP contribution in [0.5, 0.6) is 0 Å². The van der Waals surface area contributed by atoms with Crippen LogP contribution in [0.25, 0.3) is 0 Å². The first-order chi connectivity index (χ1) is 6.99. The van der Waals surface area contributed by atoms with Gasteiger partial charge in [-0.2, -0.15) is 0 Å². The standard InChI is InChI=1S/C10H16N2O3/c1-7(2)6-8-9(14)11(3)10(15)12(8)4-5-13/h5,7-8H,4,6H2,1-3H3. The van der Waals surface area contributed by atoms with Gasteiger partial charge in [0, 0.05) is 7.05 Å². The predicted molar refractivity (Wildman–Crippen MR) is 54.2 cm³/mol. The number of urea groups is 1. The first-order valence-corrected chi connectivity index (χ1v) is 5.00. The van der Waals surface area contributed by atoms with Gasteiger partial charge in [0.15, 0.2) is 0 Å². The Kier molecular flexibility index (Phi) is 3.44. The van der Waals surface area contributed by atoms with Crippen LogP contribution in [0.15, 0.2) is 0 Å². The van der Waals surface area contributed by atoms with Gasteiger partial charge in [0.05, 0.1) is 6.54 Å². The van der Waals surface area contributed by atoms with E-state index in [2.05, 4.69) is 0 Å². The van der Waals surface area contributed by atoms with Crippen LogP contribution in [0.3, 0.4) is 0 Å². The fourth-order valence-corrected chi connectivity index (χ4v) is 1.74. The number of amides is 3. The first kappa shape index (κ1) is 11.7. The molecular weight excluding hydrogens is 196 g/mol. The number of imide groups is 1. The summed E-state index contributed by atoms with van der Waals surface area (Å²) in [4.78, 5) is 36.1. The number of rotatable bonds is 4. The van der Waals surface area contributed by atoms with Gasteiger partial charge in [-0.3, -0.25) is 9.69 Å². The summed E-state index contributed by atoms with van der Waals surface area (Å²) in [5.41, 5.74) is 0. The van der Waals surface area contributed by atoms with Crippen molar-refractivity contribution in [1.29, 1.82) is 0 Å². The van der Waals surface area contributed by atoms with Crippen molar-refractivity contribution in [2.45, 2.75) is 26.3 Å². The molecule has 0 aromatic heterocycles. The van der Waals surface area contributed by atoms with E-state index < -0.39 is 6.04 Å². The van der Waals surface area contributed by atoms with Crippen LogP contribution < -0.4 is 0 Å². The van der Waals surface area contributed by atoms with Crippen LogP contribution in [-0.2, 0) is 9.59 Å². The highest BCUT2D eigenvalue weighted by Gasteiger charge is 2.42. The lowest BCUT2D eigenvalue weighted by atomic mass is 10.0. The summed E-state index contributed by atoms with van der Waals surface area (Å²) in [6.07, 6.45) is 1.25. The first-order valence-electron chi connectivity index (χ1n) is 5.00. The molecular formula is C10H16N2O3. The Labute approximate surface area is 89.0 Å². The molecule has 0 radical (unpaired) electrons. The van der Waals surface area contributed by atoms with E-state index in [-0.39, 0.29) is 18.5 Å². The lowest BCUT2D eigenvalue weighted by molar-refractivity contribution is -0.127. The van der Waals surface area contributed by atoms with Crippen LogP contribution in [-0.4, -0.2) is 47.7 Å². The molecule has 0 bridgehead atoms.